The molecule has 0 aliphatic carbocycles. The van der Waals surface area contributed by atoms with E-state index in [9.17, 15) is 4.79 Å². The Hall–Kier alpha value is -0.0900. The fourth-order valence-electron chi connectivity index (χ4n) is 1.43. The van der Waals surface area contributed by atoms with Crippen LogP contribution >= 0.6 is 15.9 Å². The average molecular weight is 280 g/mol. The van der Waals surface area contributed by atoms with Crippen molar-refractivity contribution in [2.45, 2.75) is 44.4 Å². The van der Waals surface area contributed by atoms with Crippen molar-refractivity contribution in [3.63, 3.8) is 0 Å². The van der Waals surface area contributed by atoms with Gasteiger partial charge in [0.05, 0.1) is 11.4 Å². The molecule has 3 nitrogen and oxygen atoms in total. The number of carbonyl (C=O) groups is 1. The summed E-state index contributed by atoms with van der Waals surface area (Å²) in [6.45, 7) is 5.23. The molecule has 0 rings (SSSR count). The van der Waals surface area contributed by atoms with E-state index >= 15 is 0 Å². The number of halogens is 1. The Balaban J connectivity index is 3.87. The predicted molar refractivity (Wildman–Crippen MR) is 66.2 cm³/mol. The summed E-state index contributed by atoms with van der Waals surface area (Å²) in [5.41, 5.74) is 0. The average Bonchev–Trinajstić information content (AvgIpc) is 2.21. The molecule has 1 atom stereocenters. The number of amides is 1. The van der Waals surface area contributed by atoms with Crippen molar-refractivity contribution < 1.29 is 9.90 Å². The standard InChI is InChI=1S/C11H22BrNO2/c1-3-4-5-6-7-13(8-9-14)11(15)10(2)12/h10,14H,3-9H2,1-2H3. The SMILES string of the molecule is CCCCCCN(CCO)C(=O)C(C)Br. The van der Waals surface area contributed by atoms with E-state index in [0.29, 0.717) is 6.54 Å². The quantitative estimate of drug-likeness (QED) is 0.547. The molecule has 0 aliphatic heterocycles. The zero-order chi connectivity index (χ0) is 11.7. The highest BCUT2D eigenvalue weighted by Crippen LogP contribution is 2.07. The van der Waals surface area contributed by atoms with Crippen LogP contribution in [0.3, 0.4) is 0 Å². The number of hydrogen-bond donors (Lipinski definition) is 1. The van der Waals surface area contributed by atoms with Crippen LogP contribution in [0.5, 0.6) is 0 Å². The molecule has 1 unspecified atom stereocenters. The first-order valence-corrected chi connectivity index (χ1v) is 6.58. The maximum absolute atomic E-state index is 11.7. The van der Waals surface area contributed by atoms with Crippen LogP contribution in [-0.2, 0) is 4.79 Å². The van der Waals surface area contributed by atoms with Gasteiger partial charge in [0, 0.05) is 13.1 Å². The lowest BCUT2D eigenvalue weighted by Gasteiger charge is -2.23. The number of nitrogens with zero attached hydrogens (tertiary/aromatic N) is 1. The van der Waals surface area contributed by atoms with Gasteiger partial charge in [0.2, 0.25) is 5.91 Å². The Labute approximate surface area is 101 Å². The highest BCUT2D eigenvalue weighted by Gasteiger charge is 2.16. The largest absolute Gasteiger partial charge is 0.395 e. The Morgan fingerprint density at radius 3 is 2.47 bits per heavy atom. The van der Waals surface area contributed by atoms with Crippen molar-refractivity contribution in [1.29, 1.82) is 0 Å². The Kier molecular flexibility index (Phi) is 9.10. The summed E-state index contributed by atoms with van der Waals surface area (Å²) < 4.78 is 0. The number of alkyl halides is 1. The van der Waals surface area contributed by atoms with E-state index in [0.717, 1.165) is 19.4 Å². The van der Waals surface area contributed by atoms with Gasteiger partial charge < -0.3 is 10.0 Å². The Morgan fingerprint density at radius 1 is 1.33 bits per heavy atom. The lowest BCUT2D eigenvalue weighted by atomic mass is 10.2. The van der Waals surface area contributed by atoms with Gasteiger partial charge in [-0.2, -0.15) is 0 Å². The molecule has 0 saturated carbocycles. The van der Waals surface area contributed by atoms with E-state index < -0.39 is 0 Å². The number of aliphatic hydroxyl groups excluding tert-OH is 1. The van der Waals surface area contributed by atoms with Crippen LogP contribution in [0.4, 0.5) is 0 Å². The van der Waals surface area contributed by atoms with Gasteiger partial charge in [-0.25, -0.2) is 0 Å². The van der Waals surface area contributed by atoms with Gasteiger partial charge in [0.1, 0.15) is 0 Å². The minimum Gasteiger partial charge on any atom is -0.395 e. The van der Waals surface area contributed by atoms with E-state index in [1.54, 1.807) is 4.90 Å². The molecule has 0 aromatic carbocycles. The topological polar surface area (TPSA) is 40.5 Å². The van der Waals surface area contributed by atoms with Gasteiger partial charge in [-0.15, -0.1) is 0 Å². The van der Waals surface area contributed by atoms with E-state index in [1.807, 2.05) is 6.92 Å². The van der Waals surface area contributed by atoms with Crippen LogP contribution in [0.1, 0.15) is 39.5 Å². The number of hydrogen-bond acceptors (Lipinski definition) is 2. The van der Waals surface area contributed by atoms with Gasteiger partial charge in [0.15, 0.2) is 0 Å². The molecule has 0 saturated heterocycles. The first kappa shape index (κ1) is 14.9. The van der Waals surface area contributed by atoms with Crippen LogP contribution in [0.2, 0.25) is 0 Å². The van der Waals surface area contributed by atoms with E-state index in [2.05, 4.69) is 22.9 Å². The second kappa shape index (κ2) is 9.16. The summed E-state index contributed by atoms with van der Waals surface area (Å²) >= 11 is 3.26. The first-order valence-electron chi connectivity index (χ1n) is 5.67. The first-order chi connectivity index (χ1) is 7.13. The van der Waals surface area contributed by atoms with Crippen LogP contribution in [-0.4, -0.2) is 40.4 Å². The molecule has 4 heteroatoms. The van der Waals surface area contributed by atoms with Gasteiger partial charge in [-0.1, -0.05) is 42.1 Å². The number of carbonyl (C=O) groups excluding carboxylic acids is 1. The summed E-state index contributed by atoms with van der Waals surface area (Å²) in [7, 11) is 0. The zero-order valence-corrected chi connectivity index (χ0v) is 11.3. The molecule has 0 aromatic rings. The molecule has 0 aliphatic rings. The minimum atomic E-state index is -0.157. The fourth-order valence-corrected chi connectivity index (χ4v) is 1.72. The van der Waals surface area contributed by atoms with Crippen molar-refractivity contribution in [3.05, 3.63) is 0 Å². The lowest BCUT2D eigenvalue weighted by molar-refractivity contribution is -0.130. The van der Waals surface area contributed by atoms with E-state index in [4.69, 9.17) is 5.11 Å². The predicted octanol–water partition coefficient (Wildman–Crippen LogP) is 2.17. The second-order valence-corrected chi connectivity index (χ2v) is 5.10. The maximum Gasteiger partial charge on any atom is 0.236 e. The molecular weight excluding hydrogens is 258 g/mol. The van der Waals surface area contributed by atoms with Crippen molar-refractivity contribution in [2.24, 2.45) is 0 Å². The summed E-state index contributed by atoms with van der Waals surface area (Å²) in [4.78, 5) is 13.2. The minimum absolute atomic E-state index is 0.0409. The summed E-state index contributed by atoms with van der Waals surface area (Å²) in [5.74, 6) is 0.0700. The molecule has 1 amide bonds. The summed E-state index contributed by atoms with van der Waals surface area (Å²) in [6, 6.07) is 0. The molecule has 0 spiro atoms. The molecule has 0 radical (unpaired) electrons. The number of aliphatic hydroxyl groups is 1. The van der Waals surface area contributed by atoms with Gasteiger partial charge in [0.25, 0.3) is 0 Å². The van der Waals surface area contributed by atoms with E-state index in [1.165, 1.54) is 12.8 Å². The van der Waals surface area contributed by atoms with Crippen LogP contribution < -0.4 is 0 Å². The van der Waals surface area contributed by atoms with Gasteiger partial charge in [-0.3, -0.25) is 4.79 Å². The fraction of sp³-hybridized carbons (Fsp3) is 0.909. The molecule has 15 heavy (non-hydrogen) atoms. The third-order valence-electron chi connectivity index (χ3n) is 2.30. The summed E-state index contributed by atoms with van der Waals surface area (Å²) in [5, 5.41) is 8.86. The summed E-state index contributed by atoms with van der Waals surface area (Å²) in [6.07, 6.45) is 4.59. The molecule has 0 aromatic heterocycles. The lowest BCUT2D eigenvalue weighted by Crippen LogP contribution is -2.38. The van der Waals surface area contributed by atoms with E-state index in [-0.39, 0.29) is 17.3 Å². The van der Waals surface area contributed by atoms with Crippen molar-refractivity contribution in [1.82, 2.24) is 4.90 Å². The molecular formula is C11H22BrNO2. The normalized spacial score (nSPS) is 12.5. The molecule has 0 heterocycles. The second-order valence-electron chi connectivity index (χ2n) is 3.73. The molecule has 0 bridgehead atoms. The molecule has 90 valence electrons. The highest BCUT2D eigenvalue weighted by atomic mass is 79.9. The number of rotatable bonds is 8. The molecule has 0 fully saturated rings. The highest BCUT2D eigenvalue weighted by molar-refractivity contribution is 9.10. The smallest absolute Gasteiger partial charge is 0.236 e. The number of unbranched alkanes of at least 4 members (excludes halogenated alkanes) is 3. The van der Waals surface area contributed by atoms with Crippen LogP contribution in [0.15, 0.2) is 0 Å². The third-order valence-corrected chi connectivity index (χ3v) is 2.70. The van der Waals surface area contributed by atoms with Crippen molar-refractivity contribution in [2.75, 3.05) is 19.7 Å². The van der Waals surface area contributed by atoms with Gasteiger partial charge >= 0.3 is 0 Å². The van der Waals surface area contributed by atoms with Crippen LogP contribution in [0, 0.1) is 0 Å². The zero-order valence-electron chi connectivity index (χ0n) is 9.71. The maximum atomic E-state index is 11.7. The van der Waals surface area contributed by atoms with Crippen molar-refractivity contribution in [3.8, 4) is 0 Å². The Morgan fingerprint density at radius 2 is 2.00 bits per heavy atom. The van der Waals surface area contributed by atoms with Crippen LogP contribution in [0.25, 0.3) is 0 Å². The third kappa shape index (κ3) is 6.90. The van der Waals surface area contributed by atoms with Crippen molar-refractivity contribution >= 4 is 21.8 Å². The monoisotopic (exact) mass is 279 g/mol. The Bertz CT molecular complexity index is 174. The molecule has 1 N–H and O–H groups in total. The van der Waals surface area contributed by atoms with Gasteiger partial charge in [-0.05, 0) is 13.3 Å².